The molecule has 4 amide bonds. The number of hydrogen-bond acceptors (Lipinski definition) is 4. The summed E-state index contributed by atoms with van der Waals surface area (Å²) in [4.78, 5) is 54.2. The smallest absolute Gasteiger partial charge is 0.261 e. The van der Waals surface area contributed by atoms with E-state index in [0.717, 1.165) is 24.9 Å². The summed E-state index contributed by atoms with van der Waals surface area (Å²) in [6.45, 7) is 0. The number of nitrogens with zero attached hydrogens (tertiary/aromatic N) is 2. The molecule has 3 aliphatic rings. The highest BCUT2D eigenvalue weighted by molar-refractivity contribution is 6.81. The highest BCUT2D eigenvalue weighted by Gasteiger charge is 2.48. The standard InChI is InChI=1S/C22H20N2O4Si/c25-19-15-7-1-2-8-16(15)20(26)23(19)13-29(11-5-6-12-29)14-24-21(27)17-9-3-4-10-18(17)22(24)28/h1-4,7-10H,5-6,11-14H2. The van der Waals surface area contributed by atoms with Crippen molar-refractivity contribution in [3.63, 3.8) is 0 Å². The Bertz CT molecular complexity index is 924. The van der Waals surface area contributed by atoms with E-state index in [0.29, 0.717) is 34.6 Å². The van der Waals surface area contributed by atoms with Crippen LogP contribution in [0.1, 0.15) is 54.3 Å². The van der Waals surface area contributed by atoms with Crippen LogP contribution in [0.3, 0.4) is 0 Å². The van der Waals surface area contributed by atoms with Crippen LogP contribution in [0.4, 0.5) is 0 Å². The van der Waals surface area contributed by atoms with E-state index >= 15 is 0 Å². The molecule has 2 aromatic rings. The first kappa shape index (κ1) is 18.0. The van der Waals surface area contributed by atoms with Gasteiger partial charge in [-0.2, -0.15) is 0 Å². The van der Waals surface area contributed by atoms with Gasteiger partial charge in [0, 0.05) is 12.3 Å². The zero-order valence-corrected chi connectivity index (χ0v) is 16.9. The molecule has 0 saturated carbocycles. The quantitative estimate of drug-likeness (QED) is 0.580. The lowest BCUT2D eigenvalue weighted by molar-refractivity contribution is 0.0677. The van der Waals surface area contributed by atoms with Gasteiger partial charge in [0.05, 0.1) is 30.3 Å². The van der Waals surface area contributed by atoms with Crippen molar-refractivity contribution < 1.29 is 19.2 Å². The van der Waals surface area contributed by atoms with E-state index in [1.807, 2.05) is 0 Å². The van der Waals surface area contributed by atoms with Crippen LogP contribution in [-0.2, 0) is 0 Å². The first-order chi connectivity index (χ1) is 14.0. The summed E-state index contributed by atoms with van der Waals surface area (Å²) < 4.78 is 0. The molecule has 3 aliphatic heterocycles. The van der Waals surface area contributed by atoms with Gasteiger partial charge in [0.1, 0.15) is 0 Å². The van der Waals surface area contributed by atoms with Crippen LogP contribution in [0.5, 0.6) is 0 Å². The molecule has 0 spiro atoms. The van der Waals surface area contributed by atoms with Gasteiger partial charge in [-0.1, -0.05) is 49.2 Å². The number of hydrogen-bond donors (Lipinski definition) is 0. The van der Waals surface area contributed by atoms with Gasteiger partial charge in [-0.25, -0.2) is 0 Å². The Morgan fingerprint density at radius 1 is 0.586 bits per heavy atom. The molecule has 0 radical (unpaired) electrons. The number of carbonyl (C=O) groups excluding carboxylic acids is 4. The molecule has 1 fully saturated rings. The molecule has 0 atom stereocenters. The molecular weight excluding hydrogens is 384 g/mol. The first-order valence-corrected chi connectivity index (χ1v) is 12.7. The number of imide groups is 2. The van der Waals surface area contributed by atoms with Crippen LogP contribution in [-0.4, -0.2) is 53.8 Å². The molecule has 29 heavy (non-hydrogen) atoms. The average molecular weight is 404 g/mol. The zero-order chi connectivity index (χ0) is 20.2. The molecule has 3 heterocycles. The lowest BCUT2D eigenvalue weighted by Crippen LogP contribution is -2.55. The lowest BCUT2D eigenvalue weighted by Gasteiger charge is -2.33. The van der Waals surface area contributed by atoms with Crippen molar-refractivity contribution in [3.8, 4) is 0 Å². The fraction of sp³-hybridized carbons (Fsp3) is 0.273. The molecular formula is C22H20N2O4Si. The fourth-order valence-corrected chi connectivity index (χ4v) is 9.83. The average Bonchev–Trinajstić information content (AvgIpc) is 3.37. The van der Waals surface area contributed by atoms with Crippen molar-refractivity contribution in [2.24, 2.45) is 0 Å². The van der Waals surface area contributed by atoms with E-state index in [1.165, 1.54) is 9.80 Å². The van der Waals surface area contributed by atoms with Gasteiger partial charge in [-0.15, -0.1) is 0 Å². The van der Waals surface area contributed by atoms with Gasteiger partial charge in [-0.3, -0.25) is 29.0 Å². The van der Waals surface area contributed by atoms with Gasteiger partial charge < -0.3 is 0 Å². The van der Waals surface area contributed by atoms with Crippen molar-refractivity contribution in [2.75, 3.05) is 12.3 Å². The maximum Gasteiger partial charge on any atom is 0.261 e. The monoisotopic (exact) mass is 404 g/mol. The van der Waals surface area contributed by atoms with Crippen LogP contribution in [0.15, 0.2) is 48.5 Å². The molecule has 7 heteroatoms. The molecule has 0 bridgehead atoms. The summed E-state index contributed by atoms with van der Waals surface area (Å²) in [6, 6.07) is 15.6. The molecule has 1 saturated heterocycles. The Kier molecular flexibility index (Phi) is 4.02. The van der Waals surface area contributed by atoms with E-state index in [-0.39, 0.29) is 23.6 Å². The number of amides is 4. The van der Waals surface area contributed by atoms with E-state index in [9.17, 15) is 19.2 Å². The van der Waals surface area contributed by atoms with Gasteiger partial charge in [0.25, 0.3) is 23.6 Å². The predicted octanol–water partition coefficient (Wildman–Crippen LogP) is 2.90. The summed E-state index contributed by atoms with van der Waals surface area (Å²) in [7, 11) is -2.24. The van der Waals surface area contributed by atoms with E-state index in [2.05, 4.69) is 0 Å². The topological polar surface area (TPSA) is 74.8 Å². The highest BCUT2D eigenvalue weighted by atomic mass is 28.3. The summed E-state index contributed by atoms with van der Waals surface area (Å²) in [5.41, 5.74) is 1.78. The molecule has 0 N–H and O–H groups in total. The maximum atomic E-state index is 12.9. The third-order valence-corrected chi connectivity index (χ3v) is 11.2. The molecule has 0 aliphatic carbocycles. The number of fused-ring (bicyclic) bond motifs is 2. The zero-order valence-electron chi connectivity index (χ0n) is 15.9. The normalized spacial score (nSPS) is 19.9. The second-order valence-electron chi connectivity index (χ2n) is 8.19. The van der Waals surface area contributed by atoms with Crippen LogP contribution < -0.4 is 0 Å². The minimum Gasteiger partial charge on any atom is -0.277 e. The van der Waals surface area contributed by atoms with Gasteiger partial charge >= 0.3 is 0 Å². The molecule has 6 nitrogen and oxygen atoms in total. The van der Waals surface area contributed by atoms with Crippen molar-refractivity contribution in [2.45, 2.75) is 24.9 Å². The lowest BCUT2D eigenvalue weighted by atomic mass is 10.1. The van der Waals surface area contributed by atoms with Crippen molar-refractivity contribution >= 4 is 31.7 Å². The van der Waals surface area contributed by atoms with E-state index in [1.54, 1.807) is 48.5 Å². The van der Waals surface area contributed by atoms with Crippen LogP contribution >= 0.6 is 0 Å². The SMILES string of the molecule is O=C1c2ccccc2C(=O)N1C[Si]1(CN2C(=O)c3ccccc3C2=O)CCCC1. The molecule has 0 aromatic heterocycles. The van der Waals surface area contributed by atoms with Gasteiger partial charge in [-0.05, 0) is 24.3 Å². The van der Waals surface area contributed by atoms with E-state index in [4.69, 9.17) is 0 Å². The fourth-order valence-electron chi connectivity index (χ4n) is 4.93. The third-order valence-electron chi connectivity index (χ3n) is 6.41. The number of carbonyl (C=O) groups is 4. The molecule has 0 unspecified atom stereocenters. The van der Waals surface area contributed by atoms with Crippen molar-refractivity contribution in [1.82, 2.24) is 9.80 Å². The molecule has 146 valence electrons. The first-order valence-electron chi connectivity index (χ1n) is 9.91. The summed E-state index contributed by atoms with van der Waals surface area (Å²) in [5, 5.41) is 0. The third kappa shape index (κ3) is 2.68. The van der Waals surface area contributed by atoms with Crippen molar-refractivity contribution in [3.05, 3.63) is 70.8 Å². The van der Waals surface area contributed by atoms with Crippen LogP contribution in [0, 0.1) is 0 Å². The minimum atomic E-state index is -2.24. The molecule has 2 aromatic carbocycles. The Balaban J connectivity index is 1.43. The van der Waals surface area contributed by atoms with E-state index < -0.39 is 8.07 Å². The predicted molar refractivity (Wildman–Crippen MR) is 108 cm³/mol. The second-order valence-corrected chi connectivity index (χ2v) is 12.8. The Morgan fingerprint density at radius 3 is 1.21 bits per heavy atom. The largest absolute Gasteiger partial charge is 0.277 e. The Labute approximate surface area is 169 Å². The number of benzene rings is 2. The summed E-state index contributed by atoms with van der Waals surface area (Å²) in [5.74, 6) is -1.03. The van der Waals surface area contributed by atoms with Gasteiger partial charge in [0.15, 0.2) is 0 Å². The van der Waals surface area contributed by atoms with Gasteiger partial charge in [0.2, 0.25) is 0 Å². The Hall–Kier alpha value is -3.06. The number of rotatable bonds is 4. The highest BCUT2D eigenvalue weighted by Crippen LogP contribution is 2.36. The van der Waals surface area contributed by atoms with Crippen LogP contribution in [0.2, 0.25) is 12.1 Å². The molecule has 5 rings (SSSR count). The second kappa shape index (κ2) is 6.49. The Morgan fingerprint density at radius 2 is 0.897 bits per heavy atom. The summed E-state index contributed by atoms with van der Waals surface area (Å²) >= 11 is 0. The van der Waals surface area contributed by atoms with Crippen LogP contribution in [0.25, 0.3) is 0 Å². The minimum absolute atomic E-state index is 0.258. The maximum absolute atomic E-state index is 12.9. The summed E-state index contributed by atoms with van der Waals surface area (Å²) in [6.07, 6.45) is 2.76. The van der Waals surface area contributed by atoms with Crippen molar-refractivity contribution in [1.29, 1.82) is 0 Å².